The zero-order valence-corrected chi connectivity index (χ0v) is 12.0. The van der Waals surface area contributed by atoms with Crippen molar-refractivity contribution in [2.75, 3.05) is 39.8 Å². The van der Waals surface area contributed by atoms with Crippen LogP contribution >= 0.6 is 0 Å². The van der Waals surface area contributed by atoms with Gasteiger partial charge in [-0.1, -0.05) is 13.8 Å². The van der Waals surface area contributed by atoms with E-state index in [4.69, 9.17) is 0 Å². The molecule has 2 aliphatic rings. The highest BCUT2D eigenvalue weighted by Crippen LogP contribution is 2.30. The van der Waals surface area contributed by atoms with Crippen molar-refractivity contribution in [3.05, 3.63) is 0 Å². The molecule has 1 heterocycles. The van der Waals surface area contributed by atoms with Crippen molar-refractivity contribution in [2.24, 2.45) is 11.8 Å². The molecular weight excluding hydrogens is 226 g/mol. The van der Waals surface area contributed by atoms with Crippen LogP contribution in [-0.4, -0.2) is 61.5 Å². The van der Waals surface area contributed by atoms with Gasteiger partial charge < -0.3 is 15.1 Å². The van der Waals surface area contributed by atoms with E-state index in [9.17, 15) is 4.79 Å². The molecule has 0 bridgehead atoms. The van der Waals surface area contributed by atoms with E-state index in [1.54, 1.807) is 0 Å². The molecule has 1 saturated carbocycles. The summed E-state index contributed by atoms with van der Waals surface area (Å²) in [6, 6.07) is 0.538. The number of likely N-dealkylation sites (N-methyl/N-ethyl adjacent to an activating group) is 1. The van der Waals surface area contributed by atoms with Crippen LogP contribution in [0.25, 0.3) is 0 Å². The third-order valence-electron chi connectivity index (χ3n) is 4.84. The molecule has 1 saturated heterocycles. The molecule has 0 aromatic rings. The Kier molecular flexibility index (Phi) is 4.62. The number of nitrogens with one attached hydrogen (secondary N) is 1. The molecule has 1 amide bonds. The maximum atomic E-state index is 12.1. The lowest BCUT2D eigenvalue weighted by molar-refractivity contribution is -0.131. The lowest BCUT2D eigenvalue weighted by Gasteiger charge is -2.33. The molecule has 0 aromatic heterocycles. The Bertz CT molecular complexity index is 287. The van der Waals surface area contributed by atoms with Crippen LogP contribution in [0.15, 0.2) is 0 Å². The summed E-state index contributed by atoms with van der Waals surface area (Å²) in [5.41, 5.74) is 0. The smallest absolute Gasteiger partial charge is 0.236 e. The lowest BCUT2D eigenvalue weighted by Crippen LogP contribution is -2.50. The Labute approximate surface area is 111 Å². The second kappa shape index (κ2) is 6.02. The molecule has 3 unspecified atom stereocenters. The van der Waals surface area contributed by atoms with Crippen LogP contribution < -0.4 is 5.32 Å². The Morgan fingerprint density at radius 1 is 1.17 bits per heavy atom. The molecule has 3 atom stereocenters. The summed E-state index contributed by atoms with van der Waals surface area (Å²) < 4.78 is 0. The van der Waals surface area contributed by atoms with E-state index < -0.39 is 0 Å². The Balaban J connectivity index is 1.72. The van der Waals surface area contributed by atoms with E-state index in [2.05, 4.69) is 31.1 Å². The topological polar surface area (TPSA) is 35.6 Å². The summed E-state index contributed by atoms with van der Waals surface area (Å²) in [5.74, 6) is 1.77. The summed E-state index contributed by atoms with van der Waals surface area (Å²) >= 11 is 0. The predicted molar refractivity (Wildman–Crippen MR) is 73.4 cm³/mol. The minimum absolute atomic E-state index is 0.273. The second-order valence-corrected chi connectivity index (χ2v) is 6.09. The third kappa shape index (κ3) is 3.23. The fourth-order valence-corrected chi connectivity index (χ4v) is 3.04. The summed E-state index contributed by atoms with van der Waals surface area (Å²) in [5, 5.41) is 3.47. The molecule has 1 N–H and O–H groups in total. The molecule has 0 aromatic carbocycles. The second-order valence-electron chi connectivity index (χ2n) is 6.09. The van der Waals surface area contributed by atoms with Gasteiger partial charge in [0.15, 0.2) is 0 Å². The number of rotatable bonds is 3. The van der Waals surface area contributed by atoms with Gasteiger partial charge in [-0.05, 0) is 31.7 Å². The van der Waals surface area contributed by atoms with Gasteiger partial charge in [-0.3, -0.25) is 4.79 Å². The number of hydrogen-bond acceptors (Lipinski definition) is 3. The largest absolute Gasteiger partial charge is 0.339 e. The number of hydrogen-bond donors (Lipinski definition) is 1. The highest BCUT2D eigenvalue weighted by atomic mass is 16.2. The fourth-order valence-electron chi connectivity index (χ4n) is 3.04. The first-order valence-electron chi connectivity index (χ1n) is 7.27. The predicted octanol–water partition coefficient (Wildman–Crippen LogP) is 0.785. The molecule has 4 nitrogen and oxygen atoms in total. The van der Waals surface area contributed by atoms with Crippen LogP contribution in [-0.2, 0) is 4.79 Å². The Hall–Kier alpha value is -0.610. The first-order valence-corrected chi connectivity index (χ1v) is 7.27. The Morgan fingerprint density at radius 3 is 2.39 bits per heavy atom. The first-order chi connectivity index (χ1) is 8.58. The van der Waals surface area contributed by atoms with Crippen molar-refractivity contribution in [3.63, 3.8) is 0 Å². The maximum absolute atomic E-state index is 12.1. The average Bonchev–Trinajstić information content (AvgIpc) is 2.68. The van der Waals surface area contributed by atoms with Crippen molar-refractivity contribution in [1.82, 2.24) is 15.1 Å². The standard InChI is InChI=1S/C14H27N3O/c1-11-4-5-13(12(11)2)15-10-14(18)17-8-6-16(3)7-9-17/h11-13,15H,4-10H2,1-3H3. The van der Waals surface area contributed by atoms with Gasteiger partial charge in [0.2, 0.25) is 5.91 Å². The van der Waals surface area contributed by atoms with Crippen molar-refractivity contribution in [3.8, 4) is 0 Å². The van der Waals surface area contributed by atoms with Gasteiger partial charge >= 0.3 is 0 Å². The molecule has 104 valence electrons. The van der Waals surface area contributed by atoms with Crippen molar-refractivity contribution in [1.29, 1.82) is 0 Å². The first kappa shape index (κ1) is 13.8. The van der Waals surface area contributed by atoms with Gasteiger partial charge in [-0.25, -0.2) is 0 Å². The molecule has 4 heteroatoms. The third-order valence-corrected chi connectivity index (χ3v) is 4.84. The van der Waals surface area contributed by atoms with E-state index in [1.807, 2.05) is 4.90 Å². The van der Waals surface area contributed by atoms with Crippen LogP contribution in [0.4, 0.5) is 0 Å². The normalized spacial score (nSPS) is 33.9. The number of piperazine rings is 1. The molecule has 2 fully saturated rings. The highest BCUT2D eigenvalue weighted by molar-refractivity contribution is 5.78. The minimum atomic E-state index is 0.273. The summed E-state index contributed by atoms with van der Waals surface area (Å²) in [6.07, 6.45) is 2.51. The fraction of sp³-hybridized carbons (Fsp3) is 0.929. The van der Waals surface area contributed by atoms with Crippen molar-refractivity contribution < 1.29 is 4.79 Å². The molecule has 1 aliphatic heterocycles. The average molecular weight is 253 g/mol. The van der Waals surface area contributed by atoms with Crippen LogP contribution in [0.3, 0.4) is 0 Å². The van der Waals surface area contributed by atoms with Gasteiger partial charge in [0, 0.05) is 32.2 Å². The zero-order valence-electron chi connectivity index (χ0n) is 12.0. The summed E-state index contributed by atoms with van der Waals surface area (Å²) in [6.45, 7) is 8.90. The lowest BCUT2D eigenvalue weighted by atomic mass is 9.98. The molecular formula is C14H27N3O. The van der Waals surface area contributed by atoms with E-state index >= 15 is 0 Å². The SMILES string of the molecule is CC1CCC(NCC(=O)N2CCN(C)CC2)C1C. The number of nitrogens with zero attached hydrogens (tertiary/aromatic N) is 2. The van der Waals surface area contributed by atoms with Crippen molar-refractivity contribution >= 4 is 5.91 Å². The van der Waals surface area contributed by atoms with Gasteiger partial charge in [0.05, 0.1) is 6.54 Å². The van der Waals surface area contributed by atoms with Gasteiger partial charge in [-0.15, -0.1) is 0 Å². The molecule has 0 radical (unpaired) electrons. The van der Waals surface area contributed by atoms with Crippen LogP contribution in [0.5, 0.6) is 0 Å². The molecule has 1 aliphatic carbocycles. The van der Waals surface area contributed by atoms with E-state index in [0.717, 1.165) is 32.1 Å². The number of carbonyl (C=O) groups excluding carboxylic acids is 1. The number of amides is 1. The molecule has 0 spiro atoms. The molecule has 2 rings (SSSR count). The summed E-state index contributed by atoms with van der Waals surface area (Å²) in [7, 11) is 2.11. The maximum Gasteiger partial charge on any atom is 0.236 e. The van der Waals surface area contributed by atoms with Crippen LogP contribution in [0.2, 0.25) is 0 Å². The quantitative estimate of drug-likeness (QED) is 0.807. The van der Waals surface area contributed by atoms with Gasteiger partial charge in [0.1, 0.15) is 0 Å². The van der Waals surface area contributed by atoms with E-state index in [0.29, 0.717) is 18.5 Å². The molecule has 18 heavy (non-hydrogen) atoms. The Morgan fingerprint density at radius 2 is 1.83 bits per heavy atom. The van der Waals surface area contributed by atoms with Crippen LogP contribution in [0.1, 0.15) is 26.7 Å². The van der Waals surface area contributed by atoms with Gasteiger partial charge in [0.25, 0.3) is 0 Å². The van der Waals surface area contributed by atoms with E-state index in [1.165, 1.54) is 12.8 Å². The van der Waals surface area contributed by atoms with E-state index in [-0.39, 0.29) is 5.91 Å². The van der Waals surface area contributed by atoms with Crippen LogP contribution in [0, 0.1) is 11.8 Å². The highest BCUT2D eigenvalue weighted by Gasteiger charge is 2.30. The number of carbonyl (C=O) groups is 1. The minimum Gasteiger partial charge on any atom is -0.339 e. The monoisotopic (exact) mass is 253 g/mol. The summed E-state index contributed by atoms with van der Waals surface area (Å²) in [4.78, 5) is 16.4. The van der Waals surface area contributed by atoms with Crippen molar-refractivity contribution in [2.45, 2.75) is 32.7 Å². The zero-order chi connectivity index (χ0) is 13.1. The van der Waals surface area contributed by atoms with Gasteiger partial charge in [-0.2, -0.15) is 0 Å².